The number of carbonyl (C=O) groups excluding carboxylic acids is 1. The Balaban J connectivity index is 1.92. The fraction of sp³-hybridized carbons (Fsp3) is 0.167. The molecule has 0 bridgehead atoms. The molecule has 0 spiro atoms. The first kappa shape index (κ1) is 17.6. The highest BCUT2D eigenvalue weighted by molar-refractivity contribution is 5.87. The van der Waals surface area contributed by atoms with Gasteiger partial charge in [-0.2, -0.15) is 13.2 Å². The van der Waals surface area contributed by atoms with Crippen LogP contribution < -0.4 is 4.74 Å². The lowest BCUT2D eigenvalue weighted by Crippen LogP contribution is -2.06. The van der Waals surface area contributed by atoms with Crippen molar-refractivity contribution in [2.24, 2.45) is 0 Å². The summed E-state index contributed by atoms with van der Waals surface area (Å²) in [5.41, 5.74) is 0.271. The van der Waals surface area contributed by atoms with Crippen molar-refractivity contribution in [2.45, 2.75) is 12.8 Å². The van der Waals surface area contributed by atoms with Gasteiger partial charge in [-0.3, -0.25) is 0 Å². The highest BCUT2D eigenvalue weighted by Gasteiger charge is 2.30. The molecule has 126 valence electrons. The quantitative estimate of drug-likeness (QED) is 0.597. The van der Waals surface area contributed by atoms with Crippen LogP contribution in [0.5, 0.6) is 5.75 Å². The van der Waals surface area contributed by atoms with Gasteiger partial charge in [0.2, 0.25) is 0 Å². The van der Waals surface area contributed by atoms with Crippen molar-refractivity contribution in [3.8, 4) is 5.75 Å². The van der Waals surface area contributed by atoms with Gasteiger partial charge in [-0.15, -0.1) is 0 Å². The molecule has 2 rings (SSSR count). The first-order chi connectivity index (χ1) is 11.4. The lowest BCUT2D eigenvalue weighted by atomic mass is 10.1. The first-order valence-corrected chi connectivity index (χ1v) is 7.03. The zero-order chi connectivity index (χ0) is 17.6. The first-order valence-electron chi connectivity index (χ1n) is 7.03. The third-order valence-electron chi connectivity index (χ3n) is 3.16. The monoisotopic (exact) mass is 336 g/mol. The molecule has 0 aromatic heterocycles. The molecule has 0 radical (unpaired) electrons. The lowest BCUT2D eigenvalue weighted by molar-refractivity contribution is -0.138. The van der Waals surface area contributed by atoms with Crippen molar-refractivity contribution < 1.29 is 27.4 Å². The van der Waals surface area contributed by atoms with Gasteiger partial charge >= 0.3 is 12.1 Å². The van der Waals surface area contributed by atoms with Crippen LogP contribution in [0.3, 0.4) is 0 Å². The second-order valence-electron chi connectivity index (χ2n) is 4.91. The van der Waals surface area contributed by atoms with E-state index < -0.39 is 17.7 Å². The number of hydrogen-bond acceptors (Lipinski definition) is 3. The average Bonchev–Trinajstić information content (AvgIpc) is 2.58. The van der Waals surface area contributed by atoms with E-state index in [0.717, 1.165) is 17.7 Å². The van der Waals surface area contributed by atoms with Gasteiger partial charge in [-0.25, -0.2) is 4.79 Å². The van der Waals surface area contributed by atoms with Gasteiger partial charge in [0.15, 0.2) is 0 Å². The topological polar surface area (TPSA) is 35.5 Å². The smallest absolute Gasteiger partial charge is 0.416 e. The summed E-state index contributed by atoms with van der Waals surface area (Å²) in [6.07, 6.45) is -1.66. The molecule has 0 amide bonds. The number of benzene rings is 2. The average molecular weight is 336 g/mol. The third-order valence-corrected chi connectivity index (χ3v) is 3.16. The molecule has 0 aliphatic carbocycles. The summed E-state index contributed by atoms with van der Waals surface area (Å²) < 4.78 is 47.8. The largest absolute Gasteiger partial charge is 0.497 e. The van der Waals surface area contributed by atoms with Crippen molar-refractivity contribution in [3.05, 3.63) is 71.3 Å². The maximum Gasteiger partial charge on any atom is 0.416 e. The van der Waals surface area contributed by atoms with E-state index in [2.05, 4.69) is 0 Å². The van der Waals surface area contributed by atoms with Gasteiger partial charge in [-0.05, 0) is 41.5 Å². The standard InChI is InChI=1S/C18H15F3O3/c1-23-16-8-5-13(6-9-16)7-10-17(22)24-12-14-3-2-4-15(11-14)18(19,20)21/h2-11H,12H2,1H3/b10-7+. The molecule has 0 aliphatic rings. The van der Waals surface area contributed by atoms with Crippen LogP contribution in [0.15, 0.2) is 54.6 Å². The fourth-order valence-corrected chi connectivity index (χ4v) is 1.92. The fourth-order valence-electron chi connectivity index (χ4n) is 1.92. The number of methoxy groups -OCH3 is 1. The van der Waals surface area contributed by atoms with Gasteiger partial charge in [0.25, 0.3) is 0 Å². The van der Waals surface area contributed by atoms with Crippen LogP contribution in [-0.2, 0) is 22.3 Å². The Morgan fingerprint density at radius 2 is 1.83 bits per heavy atom. The highest BCUT2D eigenvalue weighted by Crippen LogP contribution is 2.29. The Bertz CT molecular complexity index is 719. The second kappa shape index (κ2) is 7.68. The van der Waals surface area contributed by atoms with Gasteiger partial charge in [-0.1, -0.05) is 24.3 Å². The number of alkyl halides is 3. The zero-order valence-corrected chi connectivity index (χ0v) is 12.8. The van der Waals surface area contributed by atoms with Crippen LogP contribution >= 0.6 is 0 Å². The van der Waals surface area contributed by atoms with Crippen molar-refractivity contribution in [2.75, 3.05) is 7.11 Å². The van der Waals surface area contributed by atoms with Gasteiger partial charge in [0.1, 0.15) is 12.4 Å². The Morgan fingerprint density at radius 3 is 2.46 bits per heavy atom. The zero-order valence-electron chi connectivity index (χ0n) is 12.8. The van der Waals surface area contributed by atoms with Crippen LogP contribution in [0.4, 0.5) is 13.2 Å². The van der Waals surface area contributed by atoms with Crippen molar-refractivity contribution in [3.63, 3.8) is 0 Å². The molecular weight excluding hydrogens is 321 g/mol. The van der Waals surface area contributed by atoms with E-state index in [1.54, 1.807) is 37.5 Å². The normalized spacial score (nSPS) is 11.5. The summed E-state index contributed by atoms with van der Waals surface area (Å²) in [6.45, 7) is -0.226. The van der Waals surface area contributed by atoms with Crippen LogP contribution in [-0.4, -0.2) is 13.1 Å². The molecule has 0 unspecified atom stereocenters. The number of ether oxygens (including phenoxy) is 2. The molecule has 2 aromatic rings. The molecule has 0 saturated carbocycles. The second-order valence-corrected chi connectivity index (χ2v) is 4.91. The number of hydrogen-bond donors (Lipinski definition) is 0. The third kappa shape index (κ3) is 5.15. The number of halogens is 3. The van der Waals surface area contributed by atoms with Gasteiger partial charge in [0, 0.05) is 6.08 Å². The summed E-state index contributed by atoms with van der Waals surface area (Å²) in [5.74, 6) is 0.0579. The molecule has 3 nitrogen and oxygen atoms in total. The minimum absolute atomic E-state index is 0.226. The minimum Gasteiger partial charge on any atom is -0.497 e. The summed E-state index contributed by atoms with van der Waals surface area (Å²) in [4.78, 5) is 11.6. The van der Waals surface area contributed by atoms with Crippen LogP contribution in [0, 0.1) is 0 Å². The van der Waals surface area contributed by atoms with Crippen LogP contribution in [0.1, 0.15) is 16.7 Å². The van der Waals surface area contributed by atoms with Crippen LogP contribution in [0.2, 0.25) is 0 Å². The highest BCUT2D eigenvalue weighted by atomic mass is 19.4. The maximum atomic E-state index is 12.6. The molecule has 6 heteroatoms. The van der Waals surface area contributed by atoms with E-state index in [1.807, 2.05) is 0 Å². The predicted octanol–water partition coefficient (Wildman–Crippen LogP) is 4.47. The summed E-state index contributed by atoms with van der Waals surface area (Å²) >= 11 is 0. The Kier molecular flexibility index (Phi) is 5.63. The van der Waals surface area contributed by atoms with E-state index in [0.29, 0.717) is 5.75 Å². The number of rotatable bonds is 5. The Hall–Kier alpha value is -2.76. The minimum atomic E-state index is -4.42. The SMILES string of the molecule is COc1ccc(/C=C/C(=O)OCc2cccc(C(F)(F)F)c2)cc1. The predicted molar refractivity (Wildman–Crippen MR) is 83.3 cm³/mol. The van der Waals surface area contributed by atoms with Crippen molar-refractivity contribution >= 4 is 12.0 Å². The molecule has 2 aromatic carbocycles. The van der Waals surface area contributed by atoms with Crippen LogP contribution in [0.25, 0.3) is 6.08 Å². The number of carbonyl (C=O) groups is 1. The molecule has 24 heavy (non-hydrogen) atoms. The molecule has 0 heterocycles. The van der Waals surface area contributed by atoms with E-state index in [9.17, 15) is 18.0 Å². The molecule has 0 saturated heterocycles. The van der Waals surface area contributed by atoms with Crippen molar-refractivity contribution in [1.29, 1.82) is 0 Å². The van der Waals surface area contributed by atoms with E-state index in [1.165, 1.54) is 18.2 Å². The Morgan fingerprint density at radius 1 is 1.12 bits per heavy atom. The molecule has 0 fully saturated rings. The molecule has 0 aliphatic heterocycles. The van der Waals surface area contributed by atoms with Crippen molar-refractivity contribution in [1.82, 2.24) is 0 Å². The van der Waals surface area contributed by atoms with E-state index >= 15 is 0 Å². The van der Waals surface area contributed by atoms with Gasteiger partial charge in [0.05, 0.1) is 12.7 Å². The van der Waals surface area contributed by atoms with E-state index in [4.69, 9.17) is 9.47 Å². The molecule has 0 N–H and O–H groups in total. The summed E-state index contributed by atoms with van der Waals surface area (Å²) in [6, 6.07) is 11.7. The number of esters is 1. The van der Waals surface area contributed by atoms with E-state index in [-0.39, 0.29) is 12.2 Å². The lowest BCUT2D eigenvalue weighted by Gasteiger charge is -2.08. The van der Waals surface area contributed by atoms with Gasteiger partial charge < -0.3 is 9.47 Å². The Labute approximate surface area is 137 Å². The maximum absolute atomic E-state index is 12.6. The summed E-state index contributed by atoms with van der Waals surface area (Å²) in [7, 11) is 1.55. The summed E-state index contributed by atoms with van der Waals surface area (Å²) in [5, 5.41) is 0. The molecular formula is C18H15F3O3. The molecule has 0 atom stereocenters.